The Morgan fingerprint density at radius 3 is 2.59 bits per heavy atom. The van der Waals surface area contributed by atoms with Crippen LogP contribution >= 0.6 is 0 Å². The molecule has 1 N–H and O–H groups in total. The van der Waals surface area contributed by atoms with Crippen molar-refractivity contribution in [2.45, 2.75) is 57.4 Å². The number of amides is 1. The van der Waals surface area contributed by atoms with Crippen LogP contribution in [0, 0.1) is 5.92 Å². The average molecular weight is 507 g/mol. The average Bonchev–Trinajstić information content (AvgIpc) is 3.41. The van der Waals surface area contributed by atoms with Gasteiger partial charge in [-0.3, -0.25) is 9.59 Å². The van der Waals surface area contributed by atoms with E-state index < -0.39 is 0 Å². The van der Waals surface area contributed by atoms with Crippen molar-refractivity contribution in [3.05, 3.63) is 30.0 Å². The lowest BCUT2D eigenvalue weighted by atomic mass is 9.90. The molecule has 198 valence electrons. The monoisotopic (exact) mass is 506 g/mol. The molecule has 9 nitrogen and oxygen atoms in total. The van der Waals surface area contributed by atoms with Crippen LogP contribution in [0.15, 0.2) is 24.4 Å². The molecule has 1 saturated carbocycles. The molecule has 3 heterocycles. The first-order chi connectivity index (χ1) is 17.9. The number of ether oxygens (including phenoxy) is 1. The predicted molar refractivity (Wildman–Crippen MR) is 145 cm³/mol. The summed E-state index contributed by atoms with van der Waals surface area (Å²) in [6.07, 6.45) is 9.48. The van der Waals surface area contributed by atoms with Crippen LogP contribution in [-0.2, 0) is 4.79 Å². The molecule has 0 spiro atoms. The zero-order valence-corrected chi connectivity index (χ0v) is 22.2. The first-order valence-electron chi connectivity index (χ1n) is 13.5. The second-order valence-corrected chi connectivity index (χ2v) is 10.7. The maximum Gasteiger partial charge on any atom is 0.229 e. The van der Waals surface area contributed by atoms with E-state index >= 15 is 0 Å². The smallest absolute Gasteiger partial charge is 0.229 e. The van der Waals surface area contributed by atoms with Gasteiger partial charge in [-0.25, -0.2) is 4.98 Å². The number of carbonyl (C=O) groups excluding carboxylic acids is 2. The third-order valence-electron chi connectivity index (χ3n) is 8.17. The first-order valence-corrected chi connectivity index (χ1v) is 13.5. The topological polar surface area (TPSA) is 90.9 Å². The van der Waals surface area contributed by atoms with E-state index in [4.69, 9.17) is 9.72 Å². The van der Waals surface area contributed by atoms with E-state index in [1.807, 2.05) is 18.2 Å². The Morgan fingerprint density at radius 2 is 1.86 bits per heavy atom. The molecule has 1 aromatic carbocycles. The van der Waals surface area contributed by atoms with Crippen molar-refractivity contribution < 1.29 is 14.3 Å². The second-order valence-electron chi connectivity index (χ2n) is 10.7. The number of carbonyl (C=O) groups is 2. The summed E-state index contributed by atoms with van der Waals surface area (Å²) >= 11 is 0. The molecule has 0 unspecified atom stereocenters. The predicted octanol–water partition coefficient (Wildman–Crippen LogP) is 4.26. The maximum absolute atomic E-state index is 13.1. The van der Waals surface area contributed by atoms with E-state index in [-0.39, 0.29) is 11.7 Å². The molecule has 37 heavy (non-hydrogen) atoms. The number of fused-ring (bicyclic) bond motifs is 1. The van der Waals surface area contributed by atoms with E-state index in [0.717, 1.165) is 50.3 Å². The van der Waals surface area contributed by atoms with Crippen molar-refractivity contribution in [2.75, 3.05) is 56.0 Å². The highest BCUT2D eigenvalue weighted by atomic mass is 16.5. The first kappa shape index (κ1) is 25.4. The Bertz CT molecular complexity index is 1140. The number of anilines is 4. The van der Waals surface area contributed by atoms with E-state index in [9.17, 15) is 9.59 Å². The van der Waals surface area contributed by atoms with Crippen molar-refractivity contribution >= 4 is 34.8 Å². The summed E-state index contributed by atoms with van der Waals surface area (Å²) in [5, 5.41) is 3.30. The van der Waals surface area contributed by atoms with E-state index in [2.05, 4.69) is 27.1 Å². The van der Waals surface area contributed by atoms with Crippen molar-refractivity contribution in [1.29, 1.82) is 0 Å². The molecule has 1 aromatic heterocycles. The van der Waals surface area contributed by atoms with E-state index in [0.29, 0.717) is 54.3 Å². The van der Waals surface area contributed by atoms with Gasteiger partial charge in [-0.2, -0.15) is 4.98 Å². The Labute approximate surface area is 219 Å². The zero-order valence-electron chi connectivity index (χ0n) is 22.2. The van der Waals surface area contributed by atoms with Crippen molar-refractivity contribution in [1.82, 2.24) is 14.9 Å². The van der Waals surface area contributed by atoms with Gasteiger partial charge in [0, 0.05) is 38.0 Å². The van der Waals surface area contributed by atoms with Crippen LogP contribution in [0.3, 0.4) is 0 Å². The molecule has 0 atom stereocenters. The Balaban J connectivity index is 1.40. The van der Waals surface area contributed by atoms with Gasteiger partial charge in [-0.05, 0) is 69.9 Å². The van der Waals surface area contributed by atoms with E-state index in [1.54, 1.807) is 25.3 Å². The minimum atomic E-state index is 0.0727. The van der Waals surface area contributed by atoms with Crippen LogP contribution in [-0.4, -0.2) is 73.4 Å². The molecular weight excluding hydrogens is 468 g/mol. The van der Waals surface area contributed by atoms with Crippen LogP contribution in [0.4, 0.5) is 23.1 Å². The summed E-state index contributed by atoms with van der Waals surface area (Å²) in [6, 6.07) is 5.89. The molecule has 1 amide bonds. The number of aromatic nitrogens is 2. The minimum Gasteiger partial charge on any atom is -0.495 e. The molecule has 9 heteroatoms. The molecule has 1 aliphatic carbocycles. The van der Waals surface area contributed by atoms with Gasteiger partial charge in [0.1, 0.15) is 11.4 Å². The molecule has 2 aliphatic heterocycles. The Kier molecular flexibility index (Phi) is 7.60. The fourth-order valence-electron chi connectivity index (χ4n) is 5.82. The second kappa shape index (κ2) is 11.0. The Hall–Kier alpha value is -3.20. The summed E-state index contributed by atoms with van der Waals surface area (Å²) in [5.41, 5.74) is 2.05. The van der Waals surface area contributed by atoms with Gasteiger partial charge in [0.15, 0.2) is 11.6 Å². The summed E-state index contributed by atoms with van der Waals surface area (Å²) in [4.78, 5) is 41.5. The number of methoxy groups -OCH3 is 1. The molecule has 0 radical (unpaired) electrons. The number of ketones is 1. The number of hydrogen-bond donors (Lipinski definition) is 1. The minimum absolute atomic E-state index is 0.0727. The molecule has 1 saturated heterocycles. The third-order valence-corrected chi connectivity index (χ3v) is 8.17. The normalized spacial score (nSPS) is 19.6. The largest absolute Gasteiger partial charge is 0.495 e. The van der Waals surface area contributed by atoms with Gasteiger partial charge in [-0.15, -0.1) is 0 Å². The highest BCUT2D eigenvalue weighted by molar-refractivity contribution is 5.98. The summed E-state index contributed by atoms with van der Waals surface area (Å²) in [5.74, 6) is 2.47. The summed E-state index contributed by atoms with van der Waals surface area (Å²) in [7, 11) is 5.53. The van der Waals surface area contributed by atoms with Gasteiger partial charge < -0.3 is 24.8 Å². The third kappa shape index (κ3) is 5.56. The lowest BCUT2D eigenvalue weighted by Gasteiger charge is -2.30. The molecule has 2 aromatic rings. The van der Waals surface area contributed by atoms with Gasteiger partial charge in [-0.1, -0.05) is 12.8 Å². The molecule has 2 fully saturated rings. The van der Waals surface area contributed by atoms with Crippen LogP contribution in [0.5, 0.6) is 5.75 Å². The number of rotatable bonds is 7. The molecule has 3 aliphatic rings. The maximum atomic E-state index is 13.1. The van der Waals surface area contributed by atoms with Crippen LogP contribution in [0.25, 0.3) is 0 Å². The van der Waals surface area contributed by atoms with Crippen molar-refractivity contribution in [3.8, 4) is 5.75 Å². The molecule has 0 bridgehead atoms. The van der Waals surface area contributed by atoms with Crippen LogP contribution < -0.4 is 19.9 Å². The van der Waals surface area contributed by atoms with E-state index in [1.165, 1.54) is 12.8 Å². The van der Waals surface area contributed by atoms with Crippen LogP contribution in [0.1, 0.15) is 61.7 Å². The zero-order chi connectivity index (χ0) is 25.9. The standard InChI is InChI=1S/C28H38N6O3/c1-32-13-10-19(11-14-32)16-24(35)20-8-9-25(37-3)22(17-20)30-28-29-18-23-27(31-28)34(21-6-4-5-7-21)15-12-26(36)33(23)2/h8-9,17-19,21H,4-7,10-16H2,1-3H3,(H,29,30,31). The number of likely N-dealkylation sites (tertiary alicyclic amines) is 1. The van der Waals surface area contributed by atoms with Crippen molar-refractivity contribution in [3.63, 3.8) is 0 Å². The fraction of sp³-hybridized carbons (Fsp3) is 0.571. The highest BCUT2D eigenvalue weighted by Crippen LogP contribution is 2.37. The van der Waals surface area contributed by atoms with Crippen LogP contribution in [0.2, 0.25) is 0 Å². The number of piperidine rings is 1. The number of benzene rings is 1. The lowest BCUT2D eigenvalue weighted by Crippen LogP contribution is -2.34. The summed E-state index contributed by atoms with van der Waals surface area (Å²) < 4.78 is 5.58. The SMILES string of the molecule is COc1ccc(C(=O)CC2CCN(C)CC2)cc1Nc1ncc2c(n1)N(C1CCCC1)CCC(=O)N2C. The van der Waals surface area contributed by atoms with Gasteiger partial charge in [0.05, 0.1) is 19.0 Å². The molecule has 5 rings (SSSR count). The highest BCUT2D eigenvalue weighted by Gasteiger charge is 2.32. The quantitative estimate of drug-likeness (QED) is 0.557. The Morgan fingerprint density at radius 1 is 1.11 bits per heavy atom. The number of Topliss-reactive ketones (excluding diaryl/α,β-unsaturated/α-hetero) is 1. The van der Waals surface area contributed by atoms with Gasteiger partial charge in [0.25, 0.3) is 0 Å². The van der Waals surface area contributed by atoms with Gasteiger partial charge >= 0.3 is 0 Å². The number of hydrogen-bond acceptors (Lipinski definition) is 8. The van der Waals surface area contributed by atoms with Gasteiger partial charge in [0.2, 0.25) is 11.9 Å². The number of nitrogens with one attached hydrogen (secondary N) is 1. The van der Waals surface area contributed by atoms with Crippen molar-refractivity contribution in [2.24, 2.45) is 5.92 Å². The summed E-state index contributed by atoms with van der Waals surface area (Å²) in [6.45, 7) is 2.74. The fourth-order valence-corrected chi connectivity index (χ4v) is 5.82. The molecular formula is C28H38N6O3. The lowest BCUT2D eigenvalue weighted by molar-refractivity contribution is -0.118. The number of nitrogens with zero attached hydrogens (tertiary/aromatic N) is 5.